The highest BCUT2D eigenvalue weighted by Gasteiger charge is 2.09. The number of ether oxygens (including phenoxy) is 1. The van der Waals surface area contributed by atoms with Crippen LogP contribution < -0.4 is 10.1 Å². The molecule has 0 atom stereocenters. The summed E-state index contributed by atoms with van der Waals surface area (Å²) in [4.78, 5) is 25.4. The second-order valence-corrected chi connectivity index (χ2v) is 5.86. The predicted molar refractivity (Wildman–Crippen MR) is 97.7 cm³/mol. The summed E-state index contributed by atoms with van der Waals surface area (Å²) >= 11 is 0. The van der Waals surface area contributed by atoms with Crippen molar-refractivity contribution in [2.75, 3.05) is 26.0 Å². The summed E-state index contributed by atoms with van der Waals surface area (Å²) < 4.78 is 6.99. The van der Waals surface area contributed by atoms with Crippen LogP contribution in [-0.4, -0.2) is 57.6 Å². The van der Waals surface area contributed by atoms with Crippen LogP contribution in [-0.2, 0) is 4.79 Å². The number of hydrogen-bond donors (Lipinski definition) is 1. The molecule has 9 nitrogen and oxygen atoms in total. The van der Waals surface area contributed by atoms with Gasteiger partial charge in [0.05, 0.1) is 5.69 Å². The first-order chi connectivity index (χ1) is 13.0. The number of carbonyl (C=O) groups is 2. The molecule has 0 radical (unpaired) electrons. The Bertz CT molecular complexity index is 905. The Balaban J connectivity index is 1.51. The molecule has 0 spiro atoms. The second-order valence-electron chi connectivity index (χ2n) is 5.86. The van der Waals surface area contributed by atoms with E-state index in [2.05, 4.69) is 20.8 Å². The van der Waals surface area contributed by atoms with E-state index in [0.29, 0.717) is 17.0 Å². The van der Waals surface area contributed by atoms with Gasteiger partial charge in [0.1, 0.15) is 12.1 Å². The zero-order valence-electron chi connectivity index (χ0n) is 14.9. The third kappa shape index (κ3) is 4.66. The topological polar surface area (TPSA) is 102 Å². The van der Waals surface area contributed by atoms with E-state index in [1.807, 2.05) is 0 Å². The number of tetrazole rings is 1. The first-order valence-corrected chi connectivity index (χ1v) is 8.11. The summed E-state index contributed by atoms with van der Waals surface area (Å²) in [6.45, 7) is -0.136. The van der Waals surface area contributed by atoms with Crippen LogP contribution in [0.2, 0.25) is 0 Å². The van der Waals surface area contributed by atoms with Crippen molar-refractivity contribution in [1.82, 2.24) is 25.1 Å². The standard InChI is InChI=1S/C18H18N6O3/c1-23(2)18(26)13-3-5-14(6-4-13)20-17(25)11-27-16-9-7-15(8-10-16)24-12-19-21-22-24/h3-10,12H,11H2,1-2H3,(H,20,25). The number of aromatic nitrogens is 4. The first kappa shape index (κ1) is 18.1. The van der Waals surface area contributed by atoms with Crippen molar-refractivity contribution >= 4 is 17.5 Å². The van der Waals surface area contributed by atoms with Gasteiger partial charge in [-0.2, -0.15) is 0 Å². The molecule has 1 N–H and O–H groups in total. The average Bonchev–Trinajstić information content (AvgIpc) is 3.21. The van der Waals surface area contributed by atoms with E-state index in [9.17, 15) is 9.59 Å². The van der Waals surface area contributed by atoms with E-state index in [1.54, 1.807) is 62.6 Å². The van der Waals surface area contributed by atoms with Crippen molar-refractivity contribution in [3.8, 4) is 11.4 Å². The Hall–Kier alpha value is -3.75. The van der Waals surface area contributed by atoms with Gasteiger partial charge in [-0.15, -0.1) is 5.10 Å². The van der Waals surface area contributed by atoms with Crippen molar-refractivity contribution < 1.29 is 14.3 Å². The van der Waals surface area contributed by atoms with Gasteiger partial charge in [0.2, 0.25) is 0 Å². The molecule has 138 valence electrons. The fraction of sp³-hybridized carbons (Fsp3) is 0.167. The molecule has 1 aromatic heterocycles. The Morgan fingerprint density at radius 3 is 2.37 bits per heavy atom. The molecule has 0 aliphatic rings. The van der Waals surface area contributed by atoms with E-state index < -0.39 is 0 Å². The van der Waals surface area contributed by atoms with Gasteiger partial charge in [-0.25, -0.2) is 4.68 Å². The SMILES string of the molecule is CN(C)C(=O)c1ccc(NC(=O)COc2ccc(-n3cnnn3)cc2)cc1. The van der Waals surface area contributed by atoms with Crippen molar-refractivity contribution in [2.24, 2.45) is 0 Å². The molecule has 0 unspecified atom stereocenters. The molecule has 0 saturated heterocycles. The van der Waals surface area contributed by atoms with Gasteiger partial charge < -0.3 is 15.0 Å². The quantitative estimate of drug-likeness (QED) is 0.707. The zero-order valence-corrected chi connectivity index (χ0v) is 14.9. The third-order valence-electron chi connectivity index (χ3n) is 3.64. The van der Waals surface area contributed by atoms with Gasteiger partial charge in [-0.05, 0) is 59.0 Å². The maximum atomic E-state index is 12.0. The molecule has 0 aliphatic heterocycles. The molecule has 0 saturated carbocycles. The van der Waals surface area contributed by atoms with E-state index in [4.69, 9.17) is 4.74 Å². The van der Waals surface area contributed by atoms with Gasteiger partial charge in [0, 0.05) is 25.3 Å². The van der Waals surface area contributed by atoms with Gasteiger partial charge in [0.15, 0.2) is 6.61 Å². The first-order valence-electron chi connectivity index (χ1n) is 8.11. The largest absolute Gasteiger partial charge is 0.484 e. The maximum absolute atomic E-state index is 12.0. The van der Waals surface area contributed by atoms with Crippen LogP contribution in [0.5, 0.6) is 5.75 Å². The van der Waals surface area contributed by atoms with Crippen LogP contribution >= 0.6 is 0 Å². The van der Waals surface area contributed by atoms with Crippen molar-refractivity contribution in [2.45, 2.75) is 0 Å². The van der Waals surface area contributed by atoms with Gasteiger partial charge in [0.25, 0.3) is 11.8 Å². The minimum atomic E-state index is -0.300. The summed E-state index contributed by atoms with van der Waals surface area (Å²) in [5.74, 6) is 0.154. The molecular weight excluding hydrogens is 348 g/mol. The Morgan fingerprint density at radius 2 is 1.78 bits per heavy atom. The molecule has 1 heterocycles. The number of nitrogens with zero attached hydrogens (tertiary/aromatic N) is 5. The molecule has 3 aromatic rings. The highest BCUT2D eigenvalue weighted by atomic mass is 16.5. The average molecular weight is 366 g/mol. The summed E-state index contributed by atoms with van der Waals surface area (Å²) in [5, 5.41) is 13.7. The van der Waals surface area contributed by atoms with Crippen LogP contribution in [0.4, 0.5) is 5.69 Å². The lowest BCUT2D eigenvalue weighted by molar-refractivity contribution is -0.118. The molecule has 3 rings (SSSR count). The second kappa shape index (κ2) is 8.09. The van der Waals surface area contributed by atoms with Crippen molar-refractivity contribution in [1.29, 1.82) is 0 Å². The van der Waals surface area contributed by atoms with E-state index >= 15 is 0 Å². The van der Waals surface area contributed by atoms with Crippen molar-refractivity contribution in [3.63, 3.8) is 0 Å². The van der Waals surface area contributed by atoms with E-state index in [-0.39, 0.29) is 18.4 Å². The lowest BCUT2D eigenvalue weighted by Crippen LogP contribution is -2.22. The lowest BCUT2D eigenvalue weighted by Gasteiger charge is -2.11. The predicted octanol–water partition coefficient (Wildman–Crippen LogP) is 1.38. The monoisotopic (exact) mass is 366 g/mol. The smallest absolute Gasteiger partial charge is 0.262 e. The summed E-state index contributed by atoms with van der Waals surface area (Å²) in [6.07, 6.45) is 1.49. The normalized spacial score (nSPS) is 10.3. The Labute approximate surface area is 155 Å². The molecule has 2 aromatic carbocycles. The highest BCUT2D eigenvalue weighted by molar-refractivity contribution is 5.95. The van der Waals surface area contributed by atoms with Crippen LogP contribution in [0, 0.1) is 0 Å². The molecule has 0 aliphatic carbocycles. The number of amides is 2. The summed E-state index contributed by atoms with van der Waals surface area (Å²) in [5.41, 5.74) is 1.93. The molecular formula is C18H18N6O3. The Kier molecular flexibility index (Phi) is 5.41. The summed E-state index contributed by atoms with van der Waals surface area (Å²) in [7, 11) is 3.37. The van der Waals surface area contributed by atoms with Crippen LogP contribution in [0.3, 0.4) is 0 Å². The fourth-order valence-corrected chi connectivity index (χ4v) is 2.27. The van der Waals surface area contributed by atoms with Crippen LogP contribution in [0.15, 0.2) is 54.9 Å². The van der Waals surface area contributed by atoms with Gasteiger partial charge in [-0.3, -0.25) is 9.59 Å². The lowest BCUT2D eigenvalue weighted by atomic mass is 10.2. The molecule has 2 amide bonds. The van der Waals surface area contributed by atoms with Gasteiger partial charge in [-0.1, -0.05) is 0 Å². The number of benzene rings is 2. The number of rotatable bonds is 6. The van der Waals surface area contributed by atoms with Crippen molar-refractivity contribution in [3.05, 3.63) is 60.4 Å². The van der Waals surface area contributed by atoms with E-state index in [1.165, 1.54) is 15.9 Å². The van der Waals surface area contributed by atoms with E-state index in [0.717, 1.165) is 5.69 Å². The maximum Gasteiger partial charge on any atom is 0.262 e. The molecule has 27 heavy (non-hydrogen) atoms. The van der Waals surface area contributed by atoms with Crippen LogP contribution in [0.1, 0.15) is 10.4 Å². The van der Waals surface area contributed by atoms with Crippen LogP contribution in [0.25, 0.3) is 5.69 Å². The minimum Gasteiger partial charge on any atom is -0.484 e. The fourth-order valence-electron chi connectivity index (χ4n) is 2.27. The molecule has 0 fully saturated rings. The number of nitrogens with one attached hydrogen (secondary N) is 1. The number of hydrogen-bond acceptors (Lipinski definition) is 6. The molecule has 9 heteroatoms. The molecule has 0 bridgehead atoms. The minimum absolute atomic E-state index is 0.0960. The highest BCUT2D eigenvalue weighted by Crippen LogP contribution is 2.15. The Morgan fingerprint density at radius 1 is 1.07 bits per heavy atom. The summed E-state index contributed by atoms with van der Waals surface area (Å²) in [6, 6.07) is 13.7. The third-order valence-corrected chi connectivity index (χ3v) is 3.64. The number of anilines is 1. The zero-order chi connectivity index (χ0) is 19.2. The van der Waals surface area contributed by atoms with Gasteiger partial charge >= 0.3 is 0 Å². The number of carbonyl (C=O) groups excluding carboxylic acids is 2.